The fraction of sp³-hybridized carbons (Fsp3) is 0.300. The first kappa shape index (κ1) is 19.9. The van der Waals surface area contributed by atoms with Gasteiger partial charge in [0.15, 0.2) is 0 Å². The Kier molecular flexibility index (Phi) is 5.97. The van der Waals surface area contributed by atoms with Gasteiger partial charge in [-0.05, 0) is 55.3 Å². The summed E-state index contributed by atoms with van der Waals surface area (Å²) in [6, 6.07) is 14.9. The summed E-state index contributed by atoms with van der Waals surface area (Å²) >= 11 is 0. The Morgan fingerprint density at radius 1 is 1.25 bits per heavy atom. The maximum Gasteiger partial charge on any atom is 0.243 e. The number of rotatable bonds is 5. The number of anilines is 1. The highest BCUT2D eigenvalue weighted by molar-refractivity contribution is 7.89. The number of ether oxygens (including phenoxy) is 1. The van der Waals surface area contributed by atoms with E-state index in [-0.39, 0.29) is 17.3 Å². The number of nitrogens with one attached hydrogen (secondary N) is 1. The van der Waals surface area contributed by atoms with E-state index >= 15 is 0 Å². The number of methoxy groups -OCH3 is 1. The Hall–Kier alpha value is -2.89. The quantitative estimate of drug-likeness (QED) is 0.833. The molecule has 8 heteroatoms. The summed E-state index contributed by atoms with van der Waals surface area (Å²) in [4.78, 5) is 12.8. The monoisotopic (exact) mass is 399 g/mol. The van der Waals surface area contributed by atoms with Crippen molar-refractivity contribution in [3.8, 4) is 11.8 Å². The maximum atomic E-state index is 12.9. The molecule has 7 nitrogen and oxygen atoms in total. The topological polar surface area (TPSA) is 99.5 Å². The molecule has 1 aliphatic rings. The molecule has 0 aromatic heterocycles. The fourth-order valence-corrected chi connectivity index (χ4v) is 4.71. The molecule has 146 valence electrons. The summed E-state index contributed by atoms with van der Waals surface area (Å²) < 4.78 is 32.3. The highest BCUT2D eigenvalue weighted by Gasteiger charge is 2.33. The number of nitrogens with zero attached hydrogens (tertiary/aromatic N) is 2. The van der Waals surface area contributed by atoms with Gasteiger partial charge in [0, 0.05) is 18.8 Å². The smallest absolute Gasteiger partial charge is 0.243 e. The molecule has 0 radical (unpaired) electrons. The van der Waals surface area contributed by atoms with Crippen molar-refractivity contribution in [3.05, 3.63) is 54.1 Å². The Labute approximate surface area is 164 Å². The number of carbonyl (C=O) groups excluding carboxylic acids is 1. The van der Waals surface area contributed by atoms with Gasteiger partial charge in [-0.2, -0.15) is 9.57 Å². The van der Waals surface area contributed by atoms with Gasteiger partial charge < -0.3 is 10.1 Å². The van der Waals surface area contributed by atoms with Crippen molar-refractivity contribution in [2.45, 2.75) is 17.7 Å². The SMILES string of the molecule is COc1ccc(S(=O)(=O)N2CCCC(C(=O)Nc3cccc(C#N)c3)C2)cc1. The Morgan fingerprint density at radius 2 is 2.00 bits per heavy atom. The molecule has 3 rings (SSSR count). The molecule has 0 aliphatic carbocycles. The van der Waals surface area contributed by atoms with Crippen LogP contribution < -0.4 is 10.1 Å². The Morgan fingerprint density at radius 3 is 2.68 bits per heavy atom. The lowest BCUT2D eigenvalue weighted by Gasteiger charge is -2.31. The first-order valence-corrected chi connectivity index (χ1v) is 10.3. The zero-order valence-electron chi connectivity index (χ0n) is 15.5. The predicted octanol–water partition coefficient (Wildman–Crippen LogP) is 2.61. The van der Waals surface area contributed by atoms with Crippen LogP contribution in [0.5, 0.6) is 5.75 Å². The van der Waals surface area contributed by atoms with Crippen LogP contribution in [0, 0.1) is 17.2 Å². The molecule has 1 saturated heterocycles. The number of sulfonamides is 1. The van der Waals surface area contributed by atoms with Gasteiger partial charge in [-0.25, -0.2) is 8.42 Å². The molecule has 1 unspecified atom stereocenters. The van der Waals surface area contributed by atoms with Crippen molar-refractivity contribution < 1.29 is 17.9 Å². The van der Waals surface area contributed by atoms with Crippen LogP contribution in [0.2, 0.25) is 0 Å². The molecule has 2 aromatic carbocycles. The molecule has 2 aromatic rings. The van der Waals surface area contributed by atoms with Gasteiger partial charge in [0.1, 0.15) is 5.75 Å². The first-order chi connectivity index (χ1) is 13.4. The second kappa shape index (κ2) is 8.42. The normalized spacial score (nSPS) is 17.5. The van der Waals surface area contributed by atoms with Crippen LogP contribution in [0.4, 0.5) is 5.69 Å². The van der Waals surface area contributed by atoms with E-state index < -0.39 is 15.9 Å². The number of carbonyl (C=O) groups is 1. The van der Waals surface area contributed by atoms with E-state index in [1.165, 1.54) is 23.5 Å². The number of nitriles is 1. The summed E-state index contributed by atoms with van der Waals surface area (Å²) in [5.41, 5.74) is 0.976. The van der Waals surface area contributed by atoms with Crippen LogP contribution in [-0.2, 0) is 14.8 Å². The van der Waals surface area contributed by atoms with E-state index in [0.717, 1.165) is 0 Å². The highest BCUT2D eigenvalue weighted by atomic mass is 32.2. The van der Waals surface area contributed by atoms with Gasteiger partial charge in [-0.15, -0.1) is 0 Å². The van der Waals surface area contributed by atoms with Crippen molar-refractivity contribution >= 4 is 21.6 Å². The number of hydrogen-bond acceptors (Lipinski definition) is 5. The lowest BCUT2D eigenvalue weighted by atomic mass is 9.98. The summed E-state index contributed by atoms with van der Waals surface area (Å²) in [6.45, 7) is 0.500. The molecule has 1 amide bonds. The van der Waals surface area contributed by atoms with Gasteiger partial charge in [-0.1, -0.05) is 6.07 Å². The van der Waals surface area contributed by atoms with Crippen molar-refractivity contribution in [1.29, 1.82) is 5.26 Å². The number of benzene rings is 2. The fourth-order valence-electron chi connectivity index (χ4n) is 3.18. The summed E-state index contributed by atoms with van der Waals surface area (Å²) in [5, 5.41) is 11.8. The van der Waals surface area contributed by atoms with Gasteiger partial charge in [0.25, 0.3) is 0 Å². The van der Waals surface area contributed by atoms with Crippen LogP contribution in [0.15, 0.2) is 53.4 Å². The number of amides is 1. The van der Waals surface area contributed by atoms with Crippen molar-refractivity contribution in [3.63, 3.8) is 0 Å². The van der Waals surface area contributed by atoms with Gasteiger partial charge in [-0.3, -0.25) is 4.79 Å². The average Bonchev–Trinajstić information content (AvgIpc) is 2.74. The molecule has 1 aliphatic heterocycles. The van der Waals surface area contributed by atoms with Gasteiger partial charge in [0.05, 0.1) is 29.6 Å². The van der Waals surface area contributed by atoms with E-state index in [4.69, 9.17) is 10.00 Å². The Bertz CT molecular complexity index is 997. The van der Waals surface area contributed by atoms with Crippen LogP contribution in [0.3, 0.4) is 0 Å². The van der Waals surface area contributed by atoms with E-state index in [0.29, 0.717) is 36.4 Å². The molecule has 1 heterocycles. The van der Waals surface area contributed by atoms with E-state index in [1.54, 1.807) is 36.4 Å². The molecular weight excluding hydrogens is 378 g/mol. The molecule has 0 saturated carbocycles. The van der Waals surface area contributed by atoms with Gasteiger partial charge in [0.2, 0.25) is 15.9 Å². The van der Waals surface area contributed by atoms with E-state index in [9.17, 15) is 13.2 Å². The minimum absolute atomic E-state index is 0.123. The molecule has 1 atom stereocenters. The number of hydrogen-bond donors (Lipinski definition) is 1. The molecular formula is C20H21N3O4S. The van der Waals surface area contributed by atoms with Gasteiger partial charge >= 0.3 is 0 Å². The molecule has 1 fully saturated rings. The average molecular weight is 399 g/mol. The summed E-state index contributed by atoms with van der Waals surface area (Å²) in [5.74, 6) is -0.119. The van der Waals surface area contributed by atoms with Crippen molar-refractivity contribution in [1.82, 2.24) is 4.31 Å². The number of piperidine rings is 1. The minimum atomic E-state index is -3.68. The highest BCUT2D eigenvalue weighted by Crippen LogP contribution is 2.26. The first-order valence-electron chi connectivity index (χ1n) is 8.89. The third-order valence-corrected chi connectivity index (χ3v) is 6.59. The summed E-state index contributed by atoms with van der Waals surface area (Å²) in [7, 11) is -2.16. The Balaban J connectivity index is 1.71. The zero-order chi connectivity index (χ0) is 20.1. The largest absolute Gasteiger partial charge is 0.497 e. The molecule has 0 bridgehead atoms. The summed E-state index contributed by atoms with van der Waals surface area (Å²) in [6.07, 6.45) is 1.21. The van der Waals surface area contributed by atoms with Crippen LogP contribution >= 0.6 is 0 Å². The van der Waals surface area contributed by atoms with E-state index in [2.05, 4.69) is 5.32 Å². The third-order valence-electron chi connectivity index (χ3n) is 4.71. The van der Waals surface area contributed by atoms with Crippen LogP contribution in [0.1, 0.15) is 18.4 Å². The lowest BCUT2D eigenvalue weighted by molar-refractivity contribution is -0.120. The molecule has 28 heavy (non-hydrogen) atoms. The van der Waals surface area contributed by atoms with Crippen molar-refractivity contribution in [2.75, 3.05) is 25.5 Å². The van der Waals surface area contributed by atoms with Crippen LogP contribution in [0.25, 0.3) is 0 Å². The third kappa shape index (κ3) is 4.32. The lowest BCUT2D eigenvalue weighted by Crippen LogP contribution is -2.43. The van der Waals surface area contributed by atoms with Crippen LogP contribution in [-0.4, -0.2) is 38.8 Å². The zero-order valence-corrected chi connectivity index (χ0v) is 16.3. The van der Waals surface area contributed by atoms with Crippen molar-refractivity contribution in [2.24, 2.45) is 5.92 Å². The second-order valence-corrected chi connectivity index (χ2v) is 8.50. The van der Waals surface area contributed by atoms with E-state index in [1.807, 2.05) is 6.07 Å². The second-order valence-electron chi connectivity index (χ2n) is 6.56. The molecule has 0 spiro atoms. The maximum absolute atomic E-state index is 12.9. The molecule has 1 N–H and O–H groups in total. The predicted molar refractivity (Wildman–Crippen MR) is 104 cm³/mol. The minimum Gasteiger partial charge on any atom is -0.497 e. The standard InChI is InChI=1S/C20H21N3O4S/c1-27-18-7-9-19(10-8-18)28(25,26)23-11-3-5-16(14-23)20(24)22-17-6-2-4-15(12-17)13-21/h2,4,6-10,12,16H,3,5,11,14H2,1H3,(H,22,24).